The van der Waals surface area contributed by atoms with Gasteiger partial charge in [0, 0.05) is 18.2 Å². The third-order valence-electron chi connectivity index (χ3n) is 7.37. The Balaban J connectivity index is 1.06. The lowest BCUT2D eigenvalue weighted by Crippen LogP contribution is -2.46. The summed E-state index contributed by atoms with van der Waals surface area (Å²) < 4.78 is 0. The standard InChI is InChI=1S/C29H41N3O/c33-29(27-14-12-26(13-15-27)24-25-10-4-1-5-11-25)30-18-6-2-7-19-31-22-16-28(17-23-31)32-20-8-3-9-21-32/h1,4-5,10-15,28H,2-3,6-9,16-24H2,(H,30,33). The molecule has 0 spiro atoms. The van der Waals surface area contributed by atoms with Crippen molar-refractivity contribution in [1.82, 2.24) is 15.1 Å². The van der Waals surface area contributed by atoms with E-state index in [1.807, 2.05) is 18.2 Å². The summed E-state index contributed by atoms with van der Waals surface area (Å²) in [6.07, 6.45) is 11.3. The Bertz CT molecular complexity index is 822. The number of amides is 1. The maximum absolute atomic E-state index is 12.4. The molecule has 0 aliphatic carbocycles. The maximum Gasteiger partial charge on any atom is 0.251 e. The number of piperidine rings is 2. The van der Waals surface area contributed by atoms with Crippen molar-refractivity contribution in [3.63, 3.8) is 0 Å². The highest BCUT2D eigenvalue weighted by Crippen LogP contribution is 2.21. The van der Waals surface area contributed by atoms with E-state index >= 15 is 0 Å². The van der Waals surface area contributed by atoms with Crippen LogP contribution in [0, 0.1) is 0 Å². The zero-order valence-electron chi connectivity index (χ0n) is 20.2. The van der Waals surface area contributed by atoms with Gasteiger partial charge in [0.05, 0.1) is 0 Å². The van der Waals surface area contributed by atoms with Crippen molar-refractivity contribution in [3.05, 3.63) is 71.3 Å². The molecule has 0 saturated carbocycles. The van der Waals surface area contributed by atoms with E-state index in [9.17, 15) is 4.79 Å². The smallest absolute Gasteiger partial charge is 0.251 e. The summed E-state index contributed by atoms with van der Waals surface area (Å²) in [6, 6.07) is 19.3. The minimum Gasteiger partial charge on any atom is -0.352 e. The Morgan fingerprint density at radius 1 is 0.788 bits per heavy atom. The van der Waals surface area contributed by atoms with E-state index in [2.05, 4.69) is 51.5 Å². The Morgan fingerprint density at radius 2 is 1.48 bits per heavy atom. The largest absolute Gasteiger partial charge is 0.352 e. The van der Waals surface area contributed by atoms with E-state index in [4.69, 9.17) is 0 Å². The lowest BCUT2D eigenvalue weighted by molar-refractivity contribution is 0.0916. The van der Waals surface area contributed by atoms with Crippen molar-refractivity contribution in [2.75, 3.05) is 39.3 Å². The van der Waals surface area contributed by atoms with Crippen molar-refractivity contribution >= 4 is 5.91 Å². The zero-order valence-corrected chi connectivity index (χ0v) is 20.2. The molecule has 1 N–H and O–H groups in total. The molecule has 2 saturated heterocycles. The molecular weight excluding hydrogens is 406 g/mol. The van der Waals surface area contributed by atoms with Gasteiger partial charge in [0.15, 0.2) is 0 Å². The first-order valence-electron chi connectivity index (χ1n) is 13.2. The number of carbonyl (C=O) groups excluding carboxylic acids is 1. The zero-order chi connectivity index (χ0) is 22.7. The Morgan fingerprint density at radius 3 is 2.21 bits per heavy atom. The number of hydrogen-bond donors (Lipinski definition) is 1. The third-order valence-corrected chi connectivity index (χ3v) is 7.37. The SMILES string of the molecule is O=C(NCCCCCN1CCC(N2CCCCC2)CC1)c1ccc(Cc2ccccc2)cc1. The first-order valence-corrected chi connectivity index (χ1v) is 13.2. The second kappa shape index (κ2) is 12.9. The number of carbonyl (C=O) groups is 1. The van der Waals surface area contributed by atoms with Crippen molar-refractivity contribution in [2.24, 2.45) is 0 Å². The molecule has 4 heteroatoms. The van der Waals surface area contributed by atoms with Gasteiger partial charge in [-0.2, -0.15) is 0 Å². The van der Waals surface area contributed by atoms with E-state index in [-0.39, 0.29) is 5.91 Å². The Labute approximate surface area is 200 Å². The molecule has 2 aliphatic rings. The molecule has 0 aromatic heterocycles. The molecule has 0 bridgehead atoms. The van der Waals surface area contributed by atoms with Crippen molar-refractivity contribution in [1.29, 1.82) is 0 Å². The molecule has 2 fully saturated rings. The molecule has 4 nitrogen and oxygen atoms in total. The van der Waals surface area contributed by atoms with Gasteiger partial charge in [0.1, 0.15) is 0 Å². The number of nitrogens with zero attached hydrogens (tertiary/aromatic N) is 2. The summed E-state index contributed by atoms with van der Waals surface area (Å²) in [5, 5.41) is 3.09. The second-order valence-electron chi connectivity index (χ2n) is 9.85. The number of benzene rings is 2. The van der Waals surface area contributed by atoms with Crippen LogP contribution in [0.1, 0.15) is 72.9 Å². The van der Waals surface area contributed by atoms with Crippen LogP contribution in [-0.4, -0.2) is 61.0 Å². The van der Waals surface area contributed by atoms with Gasteiger partial charge in [-0.3, -0.25) is 4.79 Å². The average Bonchev–Trinajstić information content (AvgIpc) is 2.88. The summed E-state index contributed by atoms with van der Waals surface area (Å²) in [4.78, 5) is 17.8. The van der Waals surface area contributed by atoms with Crippen molar-refractivity contribution in [2.45, 2.75) is 63.8 Å². The highest BCUT2D eigenvalue weighted by molar-refractivity contribution is 5.94. The number of hydrogen-bond acceptors (Lipinski definition) is 3. The van der Waals surface area contributed by atoms with Gasteiger partial charge in [0.2, 0.25) is 0 Å². The topological polar surface area (TPSA) is 35.6 Å². The number of rotatable bonds is 10. The number of unbranched alkanes of at least 4 members (excludes halogenated alkanes) is 2. The van der Waals surface area contributed by atoms with Crippen LogP contribution in [0.15, 0.2) is 54.6 Å². The van der Waals surface area contributed by atoms with Crippen molar-refractivity contribution in [3.8, 4) is 0 Å². The van der Waals surface area contributed by atoms with Crippen LogP contribution in [0.2, 0.25) is 0 Å². The van der Waals surface area contributed by atoms with Crippen LogP contribution in [0.4, 0.5) is 0 Å². The van der Waals surface area contributed by atoms with Gasteiger partial charge in [-0.1, -0.05) is 55.3 Å². The minimum absolute atomic E-state index is 0.0426. The van der Waals surface area contributed by atoms with E-state index in [0.29, 0.717) is 0 Å². The van der Waals surface area contributed by atoms with Crippen LogP contribution >= 0.6 is 0 Å². The van der Waals surface area contributed by atoms with Gasteiger partial charge >= 0.3 is 0 Å². The van der Waals surface area contributed by atoms with Crippen LogP contribution in [-0.2, 0) is 6.42 Å². The molecule has 0 unspecified atom stereocenters. The molecule has 0 radical (unpaired) electrons. The fraction of sp³-hybridized carbons (Fsp3) is 0.552. The van der Waals surface area contributed by atoms with Gasteiger partial charge in [-0.25, -0.2) is 0 Å². The quantitative estimate of drug-likeness (QED) is 0.513. The minimum atomic E-state index is 0.0426. The molecule has 1 amide bonds. The van der Waals surface area contributed by atoms with Gasteiger partial charge < -0.3 is 15.1 Å². The van der Waals surface area contributed by atoms with Gasteiger partial charge in [0.25, 0.3) is 5.91 Å². The molecule has 33 heavy (non-hydrogen) atoms. The molecule has 2 aliphatic heterocycles. The second-order valence-corrected chi connectivity index (χ2v) is 9.85. The molecule has 2 aromatic carbocycles. The van der Waals surface area contributed by atoms with E-state index in [1.54, 1.807) is 0 Å². The predicted octanol–water partition coefficient (Wildman–Crippen LogP) is 5.13. The number of nitrogens with one attached hydrogen (secondary N) is 1. The lowest BCUT2D eigenvalue weighted by atomic mass is 9.99. The Kier molecular flexibility index (Phi) is 9.37. The van der Waals surface area contributed by atoms with Crippen LogP contribution in [0.5, 0.6) is 0 Å². The molecular formula is C29H41N3O. The monoisotopic (exact) mass is 447 g/mol. The van der Waals surface area contributed by atoms with Crippen LogP contribution in [0.25, 0.3) is 0 Å². The fourth-order valence-corrected chi connectivity index (χ4v) is 5.34. The van der Waals surface area contributed by atoms with Crippen molar-refractivity contribution < 1.29 is 4.79 Å². The predicted molar refractivity (Wildman–Crippen MR) is 137 cm³/mol. The molecule has 2 heterocycles. The van der Waals surface area contributed by atoms with Gasteiger partial charge in [-0.15, -0.1) is 0 Å². The summed E-state index contributed by atoms with van der Waals surface area (Å²) in [5.74, 6) is 0.0426. The summed E-state index contributed by atoms with van der Waals surface area (Å²) >= 11 is 0. The number of likely N-dealkylation sites (tertiary alicyclic amines) is 2. The van der Waals surface area contributed by atoms with E-state index in [1.165, 1.54) is 88.8 Å². The van der Waals surface area contributed by atoms with Crippen LogP contribution < -0.4 is 5.32 Å². The normalized spacial score (nSPS) is 18.3. The van der Waals surface area contributed by atoms with E-state index < -0.39 is 0 Å². The highest BCUT2D eigenvalue weighted by atomic mass is 16.1. The molecule has 0 atom stereocenters. The highest BCUT2D eigenvalue weighted by Gasteiger charge is 2.25. The summed E-state index contributed by atoms with van der Waals surface area (Å²) in [6.45, 7) is 7.16. The molecule has 2 aromatic rings. The maximum atomic E-state index is 12.4. The Hall–Kier alpha value is -2.17. The van der Waals surface area contributed by atoms with Crippen LogP contribution in [0.3, 0.4) is 0 Å². The first kappa shape index (κ1) is 24.0. The molecule has 178 valence electrons. The fourth-order valence-electron chi connectivity index (χ4n) is 5.34. The summed E-state index contributed by atoms with van der Waals surface area (Å²) in [7, 11) is 0. The first-order chi connectivity index (χ1) is 16.3. The average molecular weight is 448 g/mol. The summed E-state index contributed by atoms with van der Waals surface area (Å²) in [5.41, 5.74) is 3.28. The van der Waals surface area contributed by atoms with Gasteiger partial charge in [-0.05, 0) is 101 Å². The third kappa shape index (κ3) is 7.68. The lowest BCUT2D eigenvalue weighted by Gasteiger charge is -2.40. The van der Waals surface area contributed by atoms with E-state index in [0.717, 1.165) is 31.0 Å². The molecule has 4 rings (SSSR count).